The fourth-order valence-corrected chi connectivity index (χ4v) is 2.23. The van der Waals surface area contributed by atoms with Crippen LogP contribution in [0.1, 0.15) is 12.0 Å². The fraction of sp³-hybridized carbons (Fsp3) is 0.235. The van der Waals surface area contributed by atoms with Gasteiger partial charge in [-0.2, -0.15) is 8.78 Å². The van der Waals surface area contributed by atoms with Crippen molar-refractivity contribution in [3.8, 4) is 0 Å². The summed E-state index contributed by atoms with van der Waals surface area (Å²) in [5.74, 6) is -5.12. The van der Waals surface area contributed by atoms with Crippen molar-refractivity contribution in [1.82, 2.24) is 0 Å². The van der Waals surface area contributed by atoms with E-state index in [-0.39, 0.29) is 12.1 Å². The summed E-state index contributed by atoms with van der Waals surface area (Å²) in [7, 11) is 0. The van der Waals surface area contributed by atoms with E-state index in [1.54, 1.807) is 30.3 Å². The van der Waals surface area contributed by atoms with E-state index in [1.165, 1.54) is 24.3 Å². The van der Waals surface area contributed by atoms with Crippen molar-refractivity contribution in [3.05, 3.63) is 65.2 Å². The number of aliphatic hydroxyl groups is 1. The van der Waals surface area contributed by atoms with Crippen LogP contribution in [0.3, 0.4) is 0 Å². The van der Waals surface area contributed by atoms with Gasteiger partial charge < -0.3 is 10.4 Å². The maximum atomic E-state index is 13.9. The molecule has 6 heteroatoms. The number of aliphatic hydroxyl groups excluding tert-OH is 1. The Morgan fingerprint density at radius 2 is 1.74 bits per heavy atom. The number of amides is 1. The van der Waals surface area contributed by atoms with E-state index >= 15 is 0 Å². The normalized spacial score (nSPS) is 12.7. The zero-order valence-corrected chi connectivity index (χ0v) is 12.9. The molecule has 1 atom stereocenters. The van der Waals surface area contributed by atoms with Gasteiger partial charge in [0.2, 0.25) is 0 Å². The van der Waals surface area contributed by atoms with Gasteiger partial charge in [-0.3, -0.25) is 4.79 Å². The average Bonchev–Trinajstić information content (AvgIpc) is 2.50. The van der Waals surface area contributed by atoms with Crippen LogP contribution in [0.4, 0.5) is 14.5 Å². The third-order valence-electron chi connectivity index (χ3n) is 3.24. The summed E-state index contributed by atoms with van der Waals surface area (Å²) >= 11 is 5.69. The first-order valence-corrected chi connectivity index (χ1v) is 7.41. The van der Waals surface area contributed by atoms with E-state index in [0.717, 1.165) is 5.56 Å². The standard InChI is InChI=1S/C17H16ClF2NO2/c18-13-6-8-14(9-7-13)21-16(23)17(19,20)11-15(22)10-12-4-2-1-3-5-12/h1-9,15,22H,10-11H2,(H,21,23). The third-order valence-corrected chi connectivity index (χ3v) is 3.49. The zero-order valence-electron chi connectivity index (χ0n) is 12.2. The number of hydrogen-bond donors (Lipinski definition) is 2. The van der Waals surface area contributed by atoms with Gasteiger partial charge in [0, 0.05) is 17.1 Å². The second kappa shape index (κ2) is 7.53. The highest BCUT2D eigenvalue weighted by molar-refractivity contribution is 6.30. The number of carbonyl (C=O) groups is 1. The first kappa shape index (κ1) is 17.4. The third kappa shape index (κ3) is 5.30. The predicted molar refractivity (Wildman–Crippen MR) is 85.8 cm³/mol. The summed E-state index contributed by atoms with van der Waals surface area (Å²) < 4.78 is 27.9. The molecule has 2 N–H and O–H groups in total. The Morgan fingerprint density at radius 3 is 2.35 bits per heavy atom. The van der Waals surface area contributed by atoms with Crippen molar-refractivity contribution < 1.29 is 18.7 Å². The highest BCUT2D eigenvalue weighted by Gasteiger charge is 2.40. The van der Waals surface area contributed by atoms with Crippen molar-refractivity contribution in [2.24, 2.45) is 0 Å². The van der Waals surface area contributed by atoms with Gasteiger partial charge >= 0.3 is 5.92 Å². The van der Waals surface area contributed by atoms with Crippen molar-refractivity contribution in [3.63, 3.8) is 0 Å². The topological polar surface area (TPSA) is 49.3 Å². The smallest absolute Gasteiger partial charge is 0.327 e. The largest absolute Gasteiger partial charge is 0.393 e. The first-order chi connectivity index (χ1) is 10.9. The maximum Gasteiger partial charge on any atom is 0.327 e. The minimum Gasteiger partial charge on any atom is -0.393 e. The number of rotatable bonds is 6. The maximum absolute atomic E-state index is 13.9. The van der Waals surface area contributed by atoms with Crippen LogP contribution in [-0.4, -0.2) is 23.0 Å². The van der Waals surface area contributed by atoms with E-state index in [9.17, 15) is 18.7 Å². The summed E-state index contributed by atoms with van der Waals surface area (Å²) in [5.41, 5.74) is 0.950. The van der Waals surface area contributed by atoms with Crippen LogP contribution in [0.2, 0.25) is 5.02 Å². The lowest BCUT2D eigenvalue weighted by Gasteiger charge is -2.19. The Balaban J connectivity index is 1.94. The minimum atomic E-state index is -3.67. The van der Waals surface area contributed by atoms with Crippen LogP contribution in [-0.2, 0) is 11.2 Å². The van der Waals surface area contributed by atoms with Gasteiger partial charge in [-0.25, -0.2) is 0 Å². The zero-order chi connectivity index (χ0) is 16.9. The van der Waals surface area contributed by atoms with Crippen LogP contribution in [0.5, 0.6) is 0 Å². The highest BCUT2D eigenvalue weighted by Crippen LogP contribution is 2.25. The molecule has 0 aromatic heterocycles. The highest BCUT2D eigenvalue weighted by atomic mass is 35.5. The number of halogens is 3. The Morgan fingerprint density at radius 1 is 1.13 bits per heavy atom. The molecule has 0 aliphatic rings. The molecule has 0 saturated heterocycles. The quantitative estimate of drug-likeness (QED) is 0.838. The molecule has 122 valence electrons. The summed E-state index contributed by atoms with van der Waals surface area (Å²) in [5, 5.41) is 12.4. The van der Waals surface area contributed by atoms with Gasteiger partial charge in [0.15, 0.2) is 0 Å². The molecule has 0 aliphatic heterocycles. The number of anilines is 1. The van der Waals surface area contributed by atoms with Gasteiger partial charge in [-0.05, 0) is 36.2 Å². The number of benzene rings is 2. The molecular weight excluding hydrogens is 324 g/mol. The molecule has 1 unspecified atom stereocenters. The Bertz CT molecular complexity index is 647. The van der Waals surface area contributed by atoms with Crippen LogP contribution in [0.15, 0.2) is 54.6 Å². The molecule has 3 nitrogen and oxygen atoms in total. The molecule has 2 aromatic rings. The molecule has 0 aliphatic carbocycles. The predicted octanol–water partition coefficient (Wildman–Crippen LogP) is 3.91. The van der Waals surface area contributed by atoms with E-state index < -0.39 is 24.4 Å². The second-order valence-electron chi connectivity index (χ2n) is 5.21. The SMILES string of the molecule is O=C(Nc1ccc(Cl)cc1)C(F)(F)CC(O)Cc1ccccc1. The Hall–Kier alpha value is -1.98. The monoisotopic (exact) mass is 339 g/mol. The van der Waals surface area contributed by atoms with E-state index in [1.807, 2.05) is 0 Å². The molecule has 23 heavy (non-hydrogen) atoms. The number of alkyl halides is 2. The number of hydrogen-bond acceptors (Lipinski definition) is 2. The summed E-state index contributed by atoms with van der Waals surface area (Å²) in [6.45, 7) is 0. The van der Waals surface area contributed by atoms with Crippen molar-refractivity contribution in [1.29, 1.82) is 0 Å². The molecule has 0 saturated carbocycles. The lowest BCUT2D eigenvalue weighted by molar-refractivity contribution is -0.143. The molecule has 1 amide bonds. The van der Waals surface area contributed by atoms with Gasteiger partial charge in [-0.15, -0.1) is 0 Å². The van der Waals surface area contributed by atoms with Gasteiger partial charge in [-0.1, -0.05) is 41.9 Å². The summed E-state index contributed by atoms with van der Waals surface area (Å²) in [6, 6.07) is 14.6. The Labute approximate surface area is 137 Å². The fourth-order valence-electron chi connectivity index (χ4n) is 2.10. The first-order valence-electron chi connectivity index (χ1n) is 7.03. The molecule has 2 aromatic carbocycles. The summed E-state index contributed by atoms with van der Waals surface area (Å²) in [6.07, 6.45) is -2.20. The van der Waals surface area contributed by atoms with Crippen LogP contribution >= 0.6 is 11.6 Å². The summed E-state index contributed by atoms with van der Waals surface area (Å²) in [4.78, 5) is 11.7. The molecule has 2 rings (SSSR count). The van der Waals surface area contributed by atoms with Crippen molar-refractivity contribution >= 4 is 23.2 Å². The van der Waals surface area contributed by atoms with Crippen LogP contribution < -0.4 is 5.32 Å². The van der Waals surface area contributed by atoms with Crippen molar-refractivity contribution in [2.45, 2.75) is 24.9 Å². The van der Waals surface area contributed by atoms with E-state index in [2.05, 4.69) is 5.32 Å². The van der Waals surface area contributed by atoms with Gasteiger partial charge in [0.1, 0.15) is 0 Å². The van der Waals surface area contributed by atoms with Gasteiger partial charge in [0.25, 0.3) is 5.91 Å². The van der Waals surface area contributed by atoms with E-state index in [0.29, 0.717) is 5.02 Å². The Kier molecular flexibility index (Phi) is 5.69. The van der Waals surface area contributed by atoms with Crippen LogP contribution in [0, 0.1) is 0 Å². The molecule has 0 fully saturated rings. The molecule has 0 radical (unpaired) electrons. The molecule has 0 heterocycles. The second-order valence-corrected chi connectivity index (χ2v) is 5.65. The van der Waals surface area contributed by atoms with Crippen LogP contribution in [0.25, 0.3) is 0 Å². The molecule has 0 spiro atoms. The molecular formula is C17H16ClF2NO2. The average molecular weight is 340 g/mol. The van der Waals surface area contributed by atoms with Gasteiger partial charge in [0.05, 0.1) is 6.10 Å². The minimum absolute atomic E-state index is 0.0602. The number of nitrogens with one attached hydrogen (secondary N) is 1. The molecule has 0 bridgehead atoms. The lowest BCUT2D eigenvalue weighted by Crippen LogP contribution is -2.38. The lowest BCUT2D eigenvalue weighted by atomic mass is 10.0. The van der Waals surface area contributed by atoms with E-state index in [4.69, 9.17) is 11.6 Å². The van der Waals surface area contributed by atoms with Crippen molar-refractivity contribution in [2.75, 3.05) is 5.32 Å². The number of carbonyl (C=O) groups excluding carboxylic acids is 1.